The monoisotopic (exact) mass is 511 g/mol. The topological polar surface area (TPSA) is 79.6 Å². The number of halogens is 1. The molecule has 0 saturated carbocycles. The van der Waals surface area contributed by atoms with Crippen LogP contribution in [0, 0.1) is 0 Å². The number of sulfone groups is 1. The number of guanidine groups is 1. The van der Waals surface area contributed by atoms with Crippen molar-refractivity contribution in [3.8, 4) is 0 Å². The highest BCUT2D eigenvalue weighted by Gasteiger charge is 2.41. The zero-order valence-electron chi connectivity index (χ0n) is 17.4. The Hall–Kier alpha value is -0.840. The Morgan fingerprint density at radius 3 is 2.44 bits per heavy atom. The standard InChI is InChI=1S/C18H33N5O2S.HI/c1-7-15-14(16(8-2)22(6)21-15)12-20-17(19-9-3)23-10-11-26(24,25)18(4,5)13-23;/h7-13H2,1-6H3,(H,19,20);1H. The Morgan fingerprint density at radius 2 is 1.93 bits per heavy atom. The van der Waals surface area contributed by atoms with Crippen LogP contribution in [0.4, 0.5) is 0 Å². The summed E-state index contributed by atoms with van der Waals surface area (Å²) in [5.41, 5.74) is 3.49. The van der Waals surface area contributed by atoms with Gasteiger partial charge in [-0.05, 0) is 33.6 Å². The van der Waals surface area contributed by atoms with Crippen molar-refractivity contribution in [3.63, 3.8) is 0 Å². The molecule has 1 aliphatic heterocycles. The molecule has 2 rings (SSSR count). The number of aliphatic imine (C=N–C) groups is 1. The van der Waals surface area contributed by atoms with Crippen molar-refractivity contribution in [2.75, 3.05) is 25.4 Å². The average Bonchev–Trinajstić information content (AvgIpc) is 2.89. The Kier molecular flexibility index (Phi) is 8.58. The number of nitrogens with one attached hydrogen (secondary N) is 1. The fourth-order valence-electron chi connectivity index (χ4n) is 3.48. The molecule has 0 bridgehead atoms. The Morgan fingerprint density at radius 1 is 1.26 bits per heavy atom. The Balaban J connectivity index is 0.00000364. The zero-order chi connectivity index (χ0) is 19.5. The predicted molar refractivity (Wildman–Crippen MR) is 122 cm³/mol. The van der Waals surface area contributed by atoms with E-state index in [1.165, 1.54) is 11.3 Å². The molecular weight excluding hydrogens is 477 g/mol. The number of aryl methyl sites for hydroxylation is 2. The first-order valence-corrected chi connectivity index (χ1v) is 11.1. The lowest BCUT2D eigenvalue weighted by Crippen LogP contribution is -2.57. The fourth-order valence-corrected chi connectivity index (χ4v) is 4.84. The molecule has 1 aliphatic rings. The molecule has 0 radical (unpaired) electrons. The highest BCUT2D eigenvalue weighted by Crippen LogP contribution is 2.24. The number of hydrogen-bond donors (Lipinski definition) is 1. The quantitative estimate of drug-likeness (QED) is 0.373. The highest BCUT2D eigenvalue weighted by atomic mass is 127. The Bertz CT molecular complexity index is 771. The number of aromatic nitrogens is 2. The zero-order valence-corrected chi connectivity index (χ0v) is 20.5. The van der Waals surface area contributed by atoms with E-state index in [1.807, 2.05) is 18.7 Å². The van der Waals surface area contributed by atoms with Gasteiger partial charge >= 0.3 is 0 Å². The van der Waals surface area contributed by atoms with Gasteiger partial charge in [-0.3, -0.25) is 4.68 Å². The molecule has 1 fully saturated rings. The van der Waals surface area contributed by atoms with Crippen LogP contribution in [0.3, 0.4) is 0 Å². The van der Waals surface area contributed by atoms with E-state index in [2.05, 4.69) is 29.2 Å². The summed E-state index contributed by atoms with van der Waals surface area (Å²) in [5, 5.41) is 7.94. The molecule has 1 aromatic heterocycles. The van der Waals surface area contributed by atoms with Gasteiger partial charge in [-0.2, -0.15) is 5.10 Å². The molecule has 0 spiro atoms. The maximum absolute atomic E-state index is 12.3. The third-order valence-corrected chi connectivity index (χ3v) is 7.63. The van der Waals surface area contributed by atoms with Crippen molar-refractivity contribution in [2.45, 2.75) is 58.8 Å². The van der Waals surface area contributed by atoms with E-state index in [-0.39, 0.29) is 29.7 Å². The summed E-state index contributed by atoms with van der Waals surface area (Å²) in [6, 6.07) is 0. The van der Waals surface area contributed by atoms with Crippen LogP contribution in [0.1, 0.15) is 51.6 Å². The lowest BCUT2D eigenvalue weighted by atomic mass is 10.1. The largest absolute Gasteiger partial charge is 0.357 e. The second-order valence-electron chi connectivity index (χ2n) is 7.37. The normalized spacial score (nSPS) is 18.9. The molecule has 0 aliphatic carbocycles. The summed E-state index contributed by atoms with van der Waals surface area (Å²) in [4.78, 5) is 6.90. The van der Waals surface area contributed by atoms with Crippen molar-refractivity contribution >= 4 is 39.8 Å². The van der Waals surface area contributed by atoms with Crippen LogP contribution in [0.2, 0.25) is 0 Å². The lowest BCUT2D eigenvalue weighted by molar-refractivity contribution is 0.353. The summed E-state index contributed by atoms with van der Waals surface area (Å²) < 4.78 is 25.7. The van der Waals surface area contributed by atoms with E-state index in [4.69, 9.17) is 4.99 Å². The van der Waals surface area contributed by atoms with E-state index in [0.717, 1.165) is 31.0 Å². The van der Waals surface area contributed by atoms with E-state index >= 15 is 0 Å². The van der Waals surface area contributed by atoms with Crippen LogP contribution in [0.15, 0.2) is 4.99 Å². The van der Waals surface area contributed by atoms with Gasteiger partial charge in [-0.25, -0.2) is 13.4 Å². The molecule has 7 nitrogen and oxygen atoms in total. The van der Waals surface area contributed by atoms with Crippen LogP contribution in [0.25, 0.3) is 0 Å². The molecule has 0 aromatic carbocycles. The van der Waals surface area contributed by atoms with E-state index in [9.17, 15) is 8.42 Å². The maximum atomic E-state index is 12.3. The molecule has 9 heteroatoms. The van der Waals surface area contributed by atoms with Gasteiger partial charge in [-0.15, -0.1) is 24.0 Å². The van der Waals surface area contributed by atoms with Gasteiger partial charge in [-0.1, -0.05) is 13.8 Å². The van der Waals surface area contributed by atoms with Gasteiger partial charge < -0.3 is 10.2 Å². The minimum atomic E-state index is -3.07. The van der Waals surface area contributed by atoms with Crippen LogP contribution >= 0.6 is 24.0 Å². The van der Waals surface area contributed by atoms with Gasteiger partial charge in [0.2, 0.25) is 0 Å². The van der Waals surface area contributed by atoms with E-state index < -0.39 is 14.6 Å². The van der Waals surface area contributed by atoms with Gasteiger partial charge in [0, 0.05) is 37.9 Å². The summed E-state index contributed by atoms with van der Waals surface area (Å²) >= 11 is 0. The van der Waals surface area contributed by atoms with Crippen molar-refractivity contribution in [3.05, 3.63) is 17.0 Å². The van der Waals surface area contributed by atoms with Crippen LogP contribution in [-0.2, 0) is 36.3 Å². The minimum absolute atomic E-state index is 0. The maximum Gasteiger partial charge on any atom is 0.194 e. The molecule has 0 unspecified atom stereocenters. The smallest absolute Gasteiger partial charge is 0.194 e. The molecule has 0 amide bonds. The first-order chi connectivity index (χ1) is 12.2. The molecule has 0 atom stereocenters. The number of rotatable bonds is 5. The second kappa shape index (κ2) is 9.58. The molecule has 27 heavy (non-hydrogen) atoms. The SMILES string of the molecule is CCNC(=NCc1c(CC)nn(C)c1CC)N1CCS(=O)(=O)C(C)(C)C1.I. The second-order valence-corrected chi connectivity index (χ2v) is 10.1. The minimum Gasteiger partial charge on any atom is -0.357 e. The molecule has 156 valence electrons. The van der Waals surface area contributed by atoms with Crippen molar-refractivity contribution < 1.29 is 8.42 Å². The summed E-state index contributed by atoms with van der Waals surface area (Å²) in [5.74, 6) is 0.945. The third kappa shape index (κ3) is 5.16. The molecule has 1 aromatic rings. The molecular formula is C18H34IN5O2S. The van der Waals surface area contributed by atoms with Crippen molar-refractivity contribution in [2.24, 2.45) is 12.0 Å². The van der Waals surface area contributed by atoms with Gasteiger partial charge in [0.05, 0.1) is 22.7 Å². The summed E-state index contributed by atoms with van der Waals surface area (Å²) in [6.45, 7) is 12.1. The van der Waals surface area contributed by atoms with Crippen LogP contribution in [-0.4, -0.2) is 59.2 Å². The van der Waals surface area contributed by atoms with Crippen LogP contribution < -0.4 is 5.32 Å². The fraction of sp³-hybridized carbons (Fsp3) is 0.778. The Labute approximate surface area is 180 Å². The molecule has 1 saturated heterocycles. The lowest BCUT2D eigenvalue weighted by Gasteiger charge is -2.39. The van der Waals surface area contributed by atoms with Gasteiger partial charge in [0.25, 0.3) is 0 Å². The van der Waals surface area contributed by atoms with Crippen molar-refractivity contribution in [1.29, 1.82) is 0 Å². The third-order valence-electron chi connectivity index (χ3n) is 5.09. The van der Waals surface area contributed by atoms with E-state index in [0.29, 0.717) is 19.6 Å². The molecule has 2 heterocycles. The van der Waals surface area contributed by atoms with Crippen LogP contribution in [0.5, 0.6) is 0 Å². The van der Waals surface area contributed by atoms with E-state index in [1.54, 1.807) is 13.8 Å². The number of hydrogen-bond acceptors (Lipinski definition) is 4. The first-order valence-electron chi connectivity index (χ1n) is 9.46. The van der Waals surface area contributed by atoms with Crippen molar-refractivity contribution in [1.82, 2.24) is 20.0 Å². The number of nitrogens with zero attached hydrogens (tertiary/aromatic N) is 4. The first kappa shape index (κ1) is 24.2. The average molecular weight is 511 g/mol. The summed E-state index contributed by atoms with van der Waals surface area (Å²) in [6.07, 6.45) is 1.80. The predicted octanol–water partition coefficient (Wildman–Crippen LogP) is 2.14. The highest BCUT2D eigenvalue weighted by molar-refractivity contribution is 14.0. The summed E-state index contributed by atoms with van der Waals surface area (Å²) in [7, 11) is -1.08. The van der Waals surface area contributed by atoms with Gasteiger partial charge in [0.1, 0.15) is 0 Å². The molecule has 1 N–H and O–H groups in total. The van der Waals surface area contributed by atoms with Gasteiger partial charge in [0.15, 0.2) is 15.8 Å².